The van der Waals surface area contributed by atoms with Crippen molar-refractivity contribution >= 4 is 11.8 Å². The molecule has 204 valence electrons. The zero-order chi connectivity index (χ0) is 27.4. The minimum absolute atomic E-state index is 0.0578. The first-order valence-corrected chi connectivity index (χ1v) is 13.9. The topological polar surface area (TPSA) is 95.7 Å². The molecule has 0 bridgehead atoms. The van der Waals surface area contributed by atoms with Crippen molar-refractivity contribution in [3.63, 3.8) is 0 Å². The van der Waals surface area contributed by atoms with Gasteiger partial charge in [0.15, 0.2) is 0 Å². The van der Waals surface area contributed by atoms with Crippen molar-refractivity contribution in [3.8, 4) is 0 Å². The highest BCUT2D eigenvalue weighted by molar-refractivity contribution is 5.96. The predicted molar refractivity (Wildman–Crippen MR) is 153 cm³/mol. The number of aliphatic hydroxyl groups excluding tert-OH is 1. The van der Waals surface area contributed by atoms with Crippen molar-refractivity contribution in [1.29, 1.82) is 0 Å². The van der Waals surface area contributed by atoms with Crippen LogP contribution in [0.25, 0.3) is 0 Å². The van der Waals surface area contributed by atoms with Gasteiger partial charge in [0.2, 0.25) is 11.8 Å². The van der Waals surface area contributed by atoms with Crippen LogP contribution >= 0.6 is 0 Å². The molecule has 1 aliphatic carbocycles. The summed E-state index contributed by atoms with van der Waals surface area (Å²) in [7, 11) is 0. The van der Waals surface area contributed by atoms with Crippen LogP contribution in [0.5, 0.6) is 0 Å². The van der Waals surface area contributed by atoms with Crippen molar-refractivity contribution in [2.75, 3.05) is 26.2 Å². The highest BCUT2D eigenvalue weighted by atomic mass is 16.3. The maximum atomic E-state index is 13.5. The first kappa shape index (κ1) is 29.3. The number of rotatable bonds is 15. The Morgan fingerprint density at radius 3 is 2.18 bits per heavy atom. The Balaban J connectivity index is 1.83. The van der Waals surface area contributed by atoms with Crippen LogP contribution in [-0.4, -0.2) is 54.1 Å². The minimum Gasteiger partial charge on any atom is -0.391 e. The van der Waals surface area contributed by atoms with Crippen molar-refractivity contribution in [2.24, 2.45) is 17.1 Å². The Labute approximate surface area is 227 Å². The SMILES string of the molecule is CCCN(CCC)C(=O)C1=CC=CC(C(N)=O)([C@H](Cc2ccccc2)[C@@H](O)CNCCc2ccccc2)C1. The minimum atomic E-state index is -1.18. The number of hydrogen-bond donors (Lipinski definition) is 3. The molecule has 2 aromatic rings. The number of primary amides is 1. The number of nitrogens with two attached hydrogens (primary N) is 1. The van der Waals surface area contributed by atoms with E-state index < -0.39 is 23.3 Å². The van der Waals surface area contributed by atoms with E-state index in [-0.39, 0.29) is 12.3 Å². The maximum absolute atomic E-state index is 13.5. The van der Waals surface area contributed by atoms with E-state index in [4.69, 9.17) is 5.73 Å². The lowest BCUT2D eigenvalue weighted by atomic mass is 9.64. The molecule has 0 radical (unpaired) electrons. The molecule has 1 aliphatic rings. The molecule has 3 atom stereocenters. The summed E-state index contributed by atoms with van der Waals surface area (Å²) in [6.45, 7) is 6.45. The Hall–Kier alpha value is -3.22. The van der Waals surface area contributed by atoms with E-state index >= 15 is 0 Å². The predicted octanol–water partition coefficient (Wildman–Crippen LogP) is 4.05. The smallest absolute Gasteiger partial charge is 0.249 e. The third-order valence-electron chi connectivity index (χ3n) is 7.39. The van der Waals surface area contributed by atoms with E-state index in [0.717, 1.165) is 24.8 Å². The van der Waals surface area contributed by atoms with E-state index in [2.05, 4.69) is 31.3 Å². The Morgan fingerprint density at radius 1 is 1.00 bits per heavy atom. The molecule has 2 amide bonds. The Morgan fingerprint density at radius 2 is 1.61 bits per heavy atom. The summed E-state index contributed by atoms with van der Waals surface area (Å²) in [6.07, 6.45) is 7.72. The fourth-order valence-electron chi connectivity index (χ4n) is 5.38. The molecule has 0 saturated heterocycles. The number of aliphatic hydroxyl groups is 1. The molecule has 1 unspecified atom stereocenters. The van der Waals surface area contributed by atoms with Gasteiger partial charge in [0, 0.05) is 31.1 Å². The van der Waals surface area contributed by atoms with Crippen molar-refractivity contribution in [1.82, 2.24) is 10.2 Å². The third-order valence-corrected chi connectivity index (χ3v) is 7.39. The summed E-state index contributed by atoms with van der Waals surface area (Å²) in [6, 6.07) is 20.0. The zero-order valence-electron chi connectivity index (χ0n) is 22.8. The number of benzene rings is 2. The summed E-state index contributed by atoms with van der Waals surface area (Å²) < 4.78 is 0. The van der Waals surface area contributed by atoms with Gasteiger partial charge in [-0.05, 0) is 49.8 Å². The first-order valence-electron chi connectivity index (χ1n) is 13.9. The van der Waals surface area contributed by atoms with Gasteiger partial charge >= 0.3 is 0 Å². The average molecular weight is 518 g/mol. The van der Waals surface area contributed by atoms with Crippen LogP contribution in [0.3, 0.4) is 0 Å². The molecule has 3 rings (SSSR count). The van der Waals surface area contributed by atoms with Crippen LogP contribution in [0.2, 0.25) is 0 Å². The van der Waals surface area contributed by atoms with E-state index in [1.807, 2.05) is 53.4 Å². The molecule has 38 heavy (non-hydrogen) atoms. The molecule has 0 aromatic heterocycles. The highest BCUT2D eigenvalue weighted by Crippen LogP contribution is 2.43. The van der Waals surface area contributed by atoms with Gasteiger partial charge in [-0.1, -0.05) is 92.7 Å². The summed E-state index contributed by atoms with van der Waals surface area (Å²) in [4.78, 5) is 28.5. The number of amides is 2. The van der Waals surface area contributed by atoms with Crippen LogP contribution in [-0.2, 0) is 22.4 Å². The summed E-state index contributed by atoms with van der Waals surface area (Å²) in [5.41, 5.74) is 7.72. The van der Waals surface area contributed by atoms with Crippen LogP contribution in [0.15, 0.2) is 84.5 Å². The number of hydrogen-bond acceptors (Lipinski definition) is 4. The van der Waals surface area contributed by atoms with E-state index in [1.165, 1.54) is 5.56 Å². The second-order valence-corrected chi connectivity index (χ2v) is 10.2. The lowest BCUT2D eigenvalue weighted by molar-refractivity contribution is -0.132. The normalized spacial score (nSPS) is 18.4. The van der Waals surface area contributed by atoms with Gasteiger partial charge in [0.1, 0.15) is 0 Å². The van der Waals surface area contributed by atoms with Gasteiger partial charge in [-0.25, -0.2) is 0 Å². The van der Waals surface area contributed by atoms with E-state index in [1.54, 1.807) is 18.2 Å². The Kier molecular flexibility index (Phi) is 11.3. The number of allylic oxidation sites excluding steroid dienone is 2. The molecule has 2 aromatic carbocycles. The van der Waals surface area contributed by atoms with Gasteiger partial charge in [-0.2, -0.15) is 0 Å². The fraction of sp³-hybridized carbons (Fsp3) is 0.438. The van der Waals surface area contributed by atoms with Crippen LogP contribution in [0.4, 0.5) is 0 Å². The zero-order valence-corrected chi connectivity index (χ0v) is 22.8. The van der Waals surface area contributed by atoms with Crippen molar-refractivity contribution in [3.05, 3.63) is 95.6 Å². The Bertz CT molecular complexity index is 1080. The summed E-state index contributed by atoms with van der Waals surface area (Å²) in [5, 5.41) is 14.9. The van der Waals surface area contributed by atoms with Gasteiger partial charge in [0.25, 0.3) is 0 Å². The van der Waals surface area contributed by atoms with Gasteiger partial charge in [0.05, 0.1) is 11.5 Å². The summed E-state index contributed by atoms with van der Waals surface area (Å²) in [5.74, 6) is -1.09. The lowest BCUT2D eigenvalue weighted by Crippen LogP contribution is -2.51. The number of nitrogens with one attached hydrogen (secondary N) is 1. The molecule has 6 nitrogen and oxygen atoms in total. The first-order chi connectivity index (χ1) is 18.4. The molecule has 0 aliphatic heterocycles. The van der Waals surface area contributed by atoms with Crippen molar-refractivity contribution < 1.29 is 14.7 Å². The van der Waals surface area contributed by atoms with Crippen LogP contribution in [0.1, 0.15) is 44.2 Å². The standard InChI is InChI=1S/C32H43N3O3/c1-3-20-35(21-4-2)30(37)27-16-11-18-32(23-27,31(33)38)28(22-26-14-9-6-10-15-26)29(36)24-34-19-17-25-12-7-5-8-13-25/h5-16,18,28-29,34,36H,3-4,17,19-24H2,1-2H3,(H2,33,38)/t28-,29+,32?/m1/s1. The van der Waals surface area contributed by atoms with E-state index in [9.17, 15) is 14.7 Å². The monoisotopic (exact) mass is 517 g/mol. The molecule has 0 saturated carbocycles. The maximum Gasteiger partial charge on any atom is 0.249 e. The van der Waals surface area contributed by atoms with Gasteiger partial charge < -0.3 is 21.1 Å². The number of nitrogens with zero attached hydrogens (tertiary/aromatic N) is 1. The largest absolute Gasteiger partial charge is 0.391 e. The third kappa shape index (κ3) is 7.65. The molecule has 4 N–H and O–H groups in total. The highest BCUT2D eigenvalue weighted by Gasteiger charge is 2.47. The fourth-order valence-corrected chi connectivity index (χ4v) is 5.38. The van der Waals surface area contributed by atoms with Crippen LogP contribution < -0.4 is 11.1 Å². The number of carbonyl (C=O) groups is 2. The number of carbonyl (C=O) groups excluding carboxylic acids is 2. The lowest BCUT2D eigenvalue weighted by Gasteiger charge is -2.41. The van der Waals surface area contributed by atoms with Crippen LogP contribution in [0, 0.1) is 11.3 Å². The molecular weight excluding hydrogens is 474 g/mol. The second kappa shape index (κ2) is 14.6. The van der Waals surface area contributed by atoms with Gasteiger partial charge in [-0.15, -0.1) is 0 Å². The summed E-state index contributed by atoms with van der Waals surface area (Å²) >= 11 is 0. The van der Waals surface area contributed by atoms with Gasteiger partial charge in [-0.3, -0.25) is 9.59 Å². The molecule has 0 fully saturated rings. The van der Waals surface area contributed by atoms with E-state index in [0.29, 0.717) is 38.2 Å². The van der Waals surface area contributed by atoms with Crippen molar-refractivity contribution in [2.45, 2.75) is 52.1 Å². The average Bonchev–Trinajstić information content (AvgIpc) is 2.94. The molecular formula is C32H43N3O3. The molecule has 0 heterocycles. The quantitative estimate of drug-likeness (QED) is 0.311. The second-order valence-electron chi connectivity index (χ2n) is 10.2. The molecule has 0 spiro atoms. The molecule has 6 heteroatoms.